The highest BCUT2D eigenvalue weighted by molar-refractivity contribution is 7.99. The van der Waals surface area contributed by atoms with Crippen molar-refractivity contribution in [2.75, 3.05) is 30.3 Å². The SMILES string of the molecule is Nc1nc(N)nc(SCC(=O)N2CC=C(c3ccccc3)CC2)n1. The van der Waals surface area contributed by atoms with E-state index in [0.29, 0.717) is 18.2 Å². The summed E-state index contributed by atoms with van der Waals surface area (Å²) >= 11 is 1.21. The van der Waals surface area contributed by atoms with Crippen molar-refractivity contribution in [3.05, 3.63) is 42.0 Å². The molecule has 7 nitrogen and oxygen atoms in total. The standard InChI is InChI=1S/C16H18N6OS/c17-14-19-15(18)21-16(20-14)24-10-13(23)22-8-6-12(7-9-22)11-4-2-1-3-5-11/h1-6H,7-10H2,(H4,17,18,19,20,21). The number of nitrogens with two attached hydrogens (primary N) is 2. The fourth-order valence-electron chi connectivity index (χ4n) is 2.48. The Kier molecular flexibility index (Phi) is 4.95. The first kappa shape index (κ1) is 16.3. The van der Waals surface area contributed by atoms with E-state index in [1.807, 2.05) is 23.1 Å². The van der Waals surface area contributed by atoms with Crippen LogP contribution in [-0.2, 0) is 4.79 Å². The third-order valence-electron chi connectivity index (χ3n) is 3.68. The maximum Gasteiger partial charge on any atom is 0.233 e. The van der Waals surface area contributed by atoms with Crippen LogP contribution in [0.4, 0.5) is 11.9 Å². The van der Waals surface area contributed by atoms with Gasteiger partial charge in [0.15, 0.2) is 5.16 Å². The van der Waals surface area contributed by atoms with E-state index in [-0.39, 0.29) is 23.6 Å². The summed E-state index contributed by atoms with van der Waals surface area (Å²) in [6.07, 6.45) is 2.96. The molecule has 0 unspecified atom stereocenters. The van der Waals surface area contributed by atoms with Gasteiger partial charge in [0.2, 0.25) is 17.8 Å². The summed E-state index contributed by atoms with van der Waals surface area (Å²) in [6.45, 7) is 1.33. The molecule has 0 saturated heterocycles. The molecular formula is C16H18N6OS. The third kappa shape index (κ3) is 4.02. The Hall–Kier alpha value is -2.61. The number of hydrogen-bond donors (Lipinski definition) is 2. The number of aromatic nitrogens is 3. The lowest BCUT2D eigenvalue weighted by Gasteiger charge is -2.26. The average molecular weight is 342 g/mol. The van der Waals surface area contributed by atoms with Crippen molar-refractivity contribution in [2.45, 2.75) is 11.6 Å². The van der Waals surface area contributed by atoms with Gasteiger partial charge in [-0.1, -0.05) is 48.2 Å². The largest absolute Gasteiger partial charge is 0.368 e. The van der Waals surface area contributed by atoms with Crippen molar-refractivity contribution < 1.29 is 4.79 Å². The molecule has 0 saturated carbocycles. The molecule has 3 rings (SSSR count). The second-order valence-electron chi connectivity index (χ2n) is 5.31. The fraction of sp³-hybridized carbons (Fsp3) is 0.250. The van der Waals surface area contributed by atoms with E-state index in [9.17, 15) is 4.79 Å². The van der Waals surface area contributed by atoms with Gasteiger partial charge in [-0.2, -0.15) is 15.0 Å². The number of nitrogens with zero attached hydrogens (tertiary/aromatic N) is 4. The summed E-state index contributed by atoms with van der Waals surface area (Å²) in [5.74, 6) is 0.412. The number of anilines is 2. The van der Waals surface area contributed by atoms with Gasteiger partial charge in [-0.05, 0) is 17.6 Å². The zero-order valence-electron chi connectivity index (χ0n) is 13.1. The van der Waals surface area contributed by atoms with E-state index in [4.69, 9.17) is 11.5 Å². The highest BCUT2D eigenvalue weighted by atomic mass is 32.2. The molecule has 1 aliphatic heterocycles. The zero-order chi connectivity index (χ0) is 16.9. The molecule has 1 amide bonds. The number of amides is 1. The van der Waals surface area contributed by atoms with Crippen LogP contribution in [-0.4, -0.2) is 44.6 Å². The number of hydrogen-bond acceptors (Lipinski definition) is 7. The summed E-state index contributed by atoms with van der Waals surface area (Å²) in [5.41, 5.74) is 13.5. The quantitative estimate of drug-likeness (QED) is 0.809. The average Bonchev–Trinajstić information content (AvgIpc) is 2.60. The highest BCUT2D eigenvalue weighted by Gasteiger charge is 2.18. The van der Waals surface area contributed by atoms with E-state index in [1.165, 1.54) is 22.9 Å². The third-order valence-corrected chi connectivity index (χ3v) is 4.51. The van der Waals surface area contributed by atoms with Crippen LogP contribution < -0.4 is 11.5 Å². The van der Waals surface area contributed by atoms with E-state index in [2.05, 4.69) is 33.2 Å². The summed E-state index contributed by atoms with van der Waals surface area (Å²) in [6, 6.07) is 10.2. The van der Waals surface area contributed by atoms with Crippen molar-refractivity contribution in [3.8, 4) is 0 Å². The molecule has 1 aliphatic rings. The molecule has 0 spiro atoms. The predicted molar refractivity (Wildman–Crippen MR) is 95.0 cm³/mol. The van der Waals surface area contributed by atoms with Gasteiger partial charge >= 0.3 is 0 Å². The van der Waals surface area contributed by atoms with Gasteiger partial charge in [0.25, 0.3) is 0 Å². The van der Waals surface area contributed by atoms with E-state index in [1.54, 1.807) is 0 Å². The number of nitrogen functional groups attached to an aromatic ring is 2. The lowest BCUT2D eigenvalue weighted by Crippen LogP contribution is -2.35. The normalized spacial score (nSPS) is 14.3. The molecule has 0 fully saturated rings. The van der Waals surface area contributed by atoms with E-state index in [0.717, 1.165) is 6.42 Å². The Morgan fingerprint density at radius 3 is 2.46 bits per heavy atom. The summed E-state index contributed by atoms with van der Waals surface area (Å²) in [4.78, 5) is 25.8. The van der Waals surface area contributed by atoms with Crippen LogP contribution in [0.5, 0.6) is 0 Å². The van der Waals surface area contributed by atoms with E-state index < -0.39 is 0 Å². The van der Waals surface area contributed by atoms with Crippen LogP contribution >= 0.6 is 11.8 Å². The van der Waals surface area contributed by atoms with Crippen LogP contribution in [0.1, 0.15) is 12.0 Å². The molecule has 1 aromatic carbocycles. The Balaban J connectivity index is 1.56. The monoisotopic (exact) mass is 342 g/mol. The summed E-state index contributed by atoms with van der Waals surface area (Å²) < 4.78 is 0. The lowest BCUT2D eigenvalue weighted by molar-refractivity contribution is -0.127. The van der Waals surface area contributed by atoms with Gasteiger partial charge in [0, 0.05) is 13.1 Å². The number of benzene rings is 1. The summed E-state index contributed by atoms with van der Waals surface area (Å²) in [5, 5.41) is 0.367. The smallest absolute Gasteiger partial charge is 0.233 e. The molecule has 2 heterocycles. The molecule has 0 bridgehead atoms. The molecule has 0 atom stereocenters. The van der Waals surface area contributed by atoms with Crippen LogP contribution in [0.15, 0.2) is 41.6 Å². The second kappa shape index (κ2) is 7.31. The molecule has 24 heavy (non-hydrogen) atoms. The van der Waals surface area contributed by atoms with Crippen LogP contribution in [0, 0.1) is 0 Å². The molecule has 124 valence electrons. The molecular weight excluding hydrogens is 324 g/mol. The van der Waals surface area contributed by atoms with Crippen molar-refractivity contribution in [3.63, 3.8) is 0 Å². The van der Waals surface area contributed by atoms with Gasteiger partial charge in [-0.3, -0.25) is 4.79 Å². The minimum absolute atomic E-state index is 0.0425. The molecule has 0 aliphatic carbocycles. The van der Waals surface area contributed by atoms with Crippen molar-refractivity contribution in [1.29, 1.82) is 0 Å². The fourth-order valence-corrected chi connectivity index (χ4v) is 3.23. The van der Waals surface area contributed by atoms with Gasteiger partial charge in [0.05, 0.1) is 5.75 Å². The Morgan fingerprint density at radius 1 is 1.12 bits per heavy atom. The Morgan fingerprint density at radius 2 is 1.83 bits per heavy atom. The zero-order valence-corrected chi connectivity index (χ0v) is 13.9. The van der Waals surface area contributed by atoms with Gasteiger partial charge in [-0.15, -0.1) is 0 Å². The maximum atomic E-state index is 12.3. The molecule has 8 heteroatoms. The molecule has 0 radical (unpaired) electrons. The molecule has 1 aromatic heterocycles. The predicted octanol–water partition coefficient (Wildman–Crippen LogP) is 1.44. The van der Waals surface area contributed by atoms with E-state index >= 15 is 0 Å². The number of thioether (sulfide) groups is 1. The van der Waals surface area contributed by atoms with Crippen LogP contribution in [0.3, 0.4) is 0 Å². The number of rotatable bonds is 4. The van der Waals surface area contributed by atoms with Gasteiger partial charge in [-0.25, -0.2) is 0 Å². The second-order valence-corrected chi connectivity index (χ2v) is 6.25. The minimum atomic E-state index is 0.0425. The molecule has 2 aromatic rings. The number of carbonyl (C=O) groups is 1. The van der Waals surface area contributed by atoms with Gasteiger partial charge in [0.1, 0.15) is 0 Å². The lowest BCUT2D eigenvalue weighted by atomic mass is 10.00. The highest BCUT2D eigenvalue weighted by Crippen LogP contribution is 2.23. The van der Waals surface area contributed by atoms with Crippen molar-refractivity contribution in [2.24, 2.45) is 0 Å². The van der Waals surface area contributed by atoms with Crippen molar-refractivity contribution >= 4 is 35.1 Å². The summed E-state index contributed by atoms with van der Waals surface area (Å²) in [7, 11) is 0. The topological polar surface area (TPSA) is 111 Å². The maximum absolute atomic E-state index is 12.3. The van der Waals surface area contributed by atoms with Crippen LogP contribution in [0.2, 0.25) is 0 Å². The van der Waals surface area contributed by atoms with Gasteiger partial charge < -0.3 is 16.4 Å². The Bertz CT molecular complexity index is 744. The first-order valence-corrected chi connectivity index (χ1v) is 8.52. The first-order valence-electron chi connectivity index (χ1n) is 7.54. The Labute approximate surface area is 144 Å². The molecule has 4 N–H and O–H groups in total. The minimum Gasteiger partial charge on any atom is -0.368 e. The number of carbonyl (C=O) groups excluding carboxylic acids is 1. The van der Waals surface area contributed by atoms with Crippen molar-refractivity contribution in [1.82, 2.24) is 19.9 Å². The van der Waals surface area contributed by atoms with Crippen LogP contribution in [0.25, 0.3) is 5.57 Å². The first-order chi connectivity index (χ1) is 11.6.